The first kappa shape index (κ1) is 12.3. The minimum Gasteiger partial charge on any atom is -0.398 e. The highest BCUT2D eigenvalue weighted by atomic mass is 16.1. The molecule has 100 valence electrons. The van der Waals surface area contributed by atoms with Crippen molar-refractivity contribution in [2.75, 3.05) is 11.1 Å². The number of carbonyl (C=O) groups is 1. The van der Waals surface area contributed by atoms with Crippen molar-refractivity contribution in [1.82, 2.24) is 4.98 Å². The Kier molecular flexibility index (Phi) is 2.91. The van der Waals surface area contributed by atoms with Crippen LogP contribution in [0.25, 0.3) is 10.9 Å². The molecule has 4 N–H and O–H groups in total. The van der Waals surface area contributed by atoms with Gasteiger partial charge in [0.05, 0.1) is 0 Å². The molecule has 3 aromatic rings. The summed E-state index contributed by atoms with van der Waals surface area (Å²) in [5.74, 6) is -0.148. The van der Waals surface area contributed by atoms with Crippen molar-refractivity contribution in [2.45, 2.75) is 6.92 Å². The number of carbonyl (C=O) groups excluding carboxylic acids is 1. The van der Waals surface area contributed by atoms with Crippen molar-refractivity contribution >= 4 is 28.2 Å². The molecule has 0 bridgehead atoms. The van der Waals surface area contributed by atoms with E-state index in [2.05, 4.69) is 10.3 Å². The fraction of sp³-hybridized carbons (Fsp3) is 0.0625. The van der Waals surface area contributed by atoms with Gasteiger partial charge in [-0.15, -0.1) is 0 Å². The predicted octanol–water partition coefficient (Wildman–Crippen LogP) is 3.31. The zero-order valence-corrected chi connectivity index (χ0v) is 11.1. The molecule has 1 amide bonds. The molecule has 0 fully saturated rings. The van der Waals surface area contributed by atoms with E-state index in [-0.39, 0.29) is 5.91 Å². The number of H-pyrrole nitrogens is 1. The van der Waals surface area contributed by atoms with Gasteiger partial charge in [0.25, 0.3) is 5.91 Å². The van der Waals surface area contributed by atoms with Crippen molar-refractivity contribution in [1.29, 1.82) is 0 Å². The molecule has 0 aliphatic rings. The van der Waals surface area contributed by atoms with E-state index in [4.69, 9.17) is 5.73 Å². The summed E-state index contributed by atoms with van der Waals surface area (Å²) < 4.78 is 0. The molecule has 1 heterocycles. The van der Waals surface area contributed by atoms with Gasteiger partial charge in [-0.3, -0.25) is 4.79 Å². The first-order valence-electron chi connectivity index (χ1n) is 6.39. The van der Waals surface area contributed by atoms with Gasteiger partial charge in [-0.1, -0.05) is 6.07 Å². The summed E-state index contributed by atoms with van der Waals surface area (Å²) in [6.07, 6.45) is 1.87. The molecule has 2 aromatic carbocycles. The summed E-state index contributed by atoms with van der Waals surface area (Å²) in [6, 6.07) is 13.1. The second-order valence-electron chi connectivity index (χ2n) is 4.75. The molecule has 20 heavy (non-hydrogen) atoms. The standard InChI is InChI=1S/C16H15N3O/c1-10-13(3-2-4-14(10)17)16(20)19-12-5-6-15-11(9-12)7-8-18-15/h2-9,18H,17H2,1H3,(H,19,20). The maximum absolute atomic E-state index is 12.3. The zero-order valence-electron chi connectivity index (χ0n) is 11.1. The molecule has 0 aliphatic carbocycles. The molecular weight excluding hydrogens is 250 g/mol. The van der Waals surface area contributed by atoms with Crippen LogP contribution in [0, 0.1) is 6.92 Å². The molecule has 0 atom stereocenters. The first-order valence-corrected chi connectivity index (χ1v) is 6.39. The summed E-state index contributed by atoms with van der Waals surface area (Å²) in [4.78, 5) is 15.4. The third-order valence-corrected chi connectivity index (χ3v) is 3.43. The topological polar surface area (TPSA) is 70.9 Å². The molecule has 4 nitrogen and oxygen atoms in total. The number of aromatic nitrogens is 1. The van der Waals surface area contributed by atoms with Crippen LogP contribution in [0.15, 0.2) is 48.7 Å². The second-order valence-corrected chi connectivity index (χ2v) is 4.75. The largest absolute Gasteiger partial charge is 0.398 e. The normalized spacial score (nSPS) is 10.7. The van der Waals surface area contributed by atoms with Crippen LogP contribution in [0.5, 0.6) is 0 Å². The van der Waals surface area contributed by atoms with Crippen LogP contribution >= 0.6 is 0 Å². The van der Waals surface area contributed by atoms with Crippen LogP contribution in [-0.2, 0) is 0 Å². The van der Waals surface area contributed by atoms with E-state index < -0.39 is 0 Å². The van der Waals surface area contributed by atoms with Gasteiger partial charge < -0.3 is 16.0 Å². The van der Waals surface area contributed by atoms with E-state index in [1.165, 1.54) is 0 Å². The van der Waals surface area contributed by atoms with Gasteiger partial charge in [-0.05, 0) is 48.9 Å². The van der Waals surface area contributed by atoms with Crippen molar-refractivity contribution in [2.24, 2.45) is 0 Å². The average Bonchev–Trinajstić information content (AvgIpc) is 2.89. The summed E-state index contributed by atoms with van der Waals surface area (Å²) in [6.45, 7) is 1.85. The Balaban J connectivity index is 1.90. The lowest BCUT2D eigenvalue weighted by Gasteiger charge is -2.09. The second kappa shape index (κ2) is 4.74. The highest BCUT2D eigenvalue weighted by molar-refractivity contribution is 6.06. The lowest BCUT2D eigenvalue weighted by Crippen LogP contribution is -2.14. The summed E-state index contributed by atoms with van der Waals surface area (Å²) in [5, 5.41) is 3.96. The minimum absolute atomic E-state index is 0.148. The van der Waals surface area contributed by atoms with Crippen molar-refractivity contribution in [3.05, 3.63) is 59.8 Å². The van der Waals surface area contributed by atoms with E-state index in [1.54, 1.807) is 18.2 Å². The van der Waals surface area contributed by atoms with Gasteiger partial charge in [0.2, 0.25) is 0 Å². The van der Waals surface area contributed by atoms with Crippen molar-refractivity contribution in [3.63, 3.8) is 0 Å². The highest BCUT2D eigenvalue weighted by Crippen LogP contribution is 2.20. The Labute approximate surface area is 116 Å². The summed E-state index contributed by atoms with van der Waals surface area (Å²) in [7, 11) is 0. The summed E-state index contributed by atoms with van der Waals surface area (Å²) >= 11 is 0. The third-order valence-electron chi connectivity index (χ3n) is 3.43. The van der Waals surface area contributed by atoms with Gasteiger partial charge in [-0.2, -0.15) is 0 Å². The number of fused-ring (bicyclic) bond motifs is 1. The maximum atomic E-state index is 12.3. The van der Waals surface area contributed by atoms with Crippen LogP contribution in [0.2, 0.25) is 0 Å². The Bertz CT molecular complexity index is 789. The van der Waals surface area contributed by atoms with E-state index in [9.17, 15) is 4.79 Å². The number of nitrogens with two attached hydrogens (primary N) is 1. The van der Waals surface area contributed by atoms with Gasteiger partial charge in [0.1, 0.15) is 0 Å². The van der Waals surface area contributed by atoms with Gasteiger partial charge in [-0.25, -0.2) is 0 Å². The van der Waals surface area contributed by atoms with E-state index >= 15 is 0 Å². The van der Waals surface area contributed by atoms with Gasteiger partial charge >= 0.3 is 0 Å². The number of hydrogen-bond acceptors (Lipinski definition) is 2. The molecule has 1 aromatic heterocycles. The third kappa shape index (κ3) is 2.12. The molecule has 0 aliphatic heterocycles. The van der Waals surface area contributed by atoms with Gasteiger partial charge in [0.15, 0.2) is 0 Å². The predicted molar refractivity (Wildman–Crippen MR) is 81.8 cm³/mol. The minimum atomic E-state index is -0.148. The Morgan fingerprint density at radius 1 is 1.20 bits per heavy atom. The van der Waals surface area contributed by atoms with Gasteiger partial charge in [0, 0.05) is 34.0 Å². The molecule has 0 unspecified atom stereocenters. The van der Waals surface area contributed by atoms with E-state index in [1.807, 2.05) is 37.4 Å². The molecule has 0 radical (unpaired) electrons. The van der Waals surface area contributed by atoms with E-state index in [0.29, 0.717) is 11.3 Å². The van der Waals surface area contributed by atoms with Crippen molar-refractivity contribution < 1.29 is 4.79 Å². The Hall–Kier alpha value is -2.75. The van der Waals surface area contributed by atoms with E-state index in [0.717, 1.165) is 22.2 Å². The van der Waals surface area contributed by atoms with Crippen molar-refractivity contribution in [3.8, 4) is 0 Å². The monoisotopic (exact) mass is 265 g/mol. The number of rotatable bonds is 2. The van der Waals surface area contributed by atoms with Crippen LogP contribution in [0.4, 0.5) is 11.4 Å². The fourth-order valence-electron chi connectivity index (χ4n) is 2.23. The number of benzene rings is 2. The fourth-order valence-corrected chi connectivity index (χ4v) is 2.23. The summed E-state index contributed by atoms with van der Waals surface area (Å²) in [5.41, 5.74) is 9.66. The zero-order chi connectivity index (χ0) is 14.1. The number of aromatic amines is 1. The van der Waals surface area contributed by atoms with Crippen LogP contribution in [0.3, 0.4) is 0 Å². The maximum Gasteiger partial charge on any atom is 0.256 e. The number of nitrogens with one attached hydrogen (secondary N) is 2. The molecule has 0 saturated heterocycles. The number of amides is 1. The smallest absolute Gasteiger partial charge is 0.256 e. The Morgan fingerprint density at radius 2 is 2.05 bits per heavy atom. The molecule has 4 heteroatoms. The number of anilines is 2. The Morgan fingerprint density at radius 3 is 2.90 bits per heavy atom. The average molecular weight is 265 g/mol. The first-order chi connectivity index (χ1) is 9.65. The number of hydrogen-bond donors (Lipinski definition) is 3. The molecule has 0 saturated carbocycles. The SMILES string of the molecule is Cc1c(N)cccc1C(=O)Nc1ccc2[nH]ccc2c1. The lowest BCUT2D eigenvalue weighted by atomic mass is 10.1. The molecular formula is C16H15N3O. The molecule has 0 spiro atoms. The molecule has 3 rings (SSSR count). The van der Waals surface area contributed by atoms with Crippen LogP contribution in [0.1, 0.15) is 15.9 Å². The quantitative estimate of drug-likeness (QED) is 0.622. The lowest BCUT2D eigenvalue weighted by molar-refractivity contribution is 0.102. The highest BCUT2D eigenvalue weighted by Gasteiger charge is 2.11. The number of nitrogen functional groups attached to an aromatic ring is 1. The van der Waals surface area contributed by atoms with Crippen LogP contribution < -0.4 is 11.1 Å². The van der Waals surface area contributed by atoms with Crippen LogP contribution in [-0.4, -0.2) is 10.9 Å².